The van der Waals surface area contributed by atoms with Gasteiger partial charge in [-0.05, 0) is 25.0 Å². The molecular formula is C19H21N3O2. The summed E-state index contributed by atoms with van der Waals surface area (Å²) in [5.74, 6) is 2.09. The molecule has 1 aliphatic carbocycles. The monoisotopic (exact) mass is 323 g/mol. The number of hydrogen-bond acceptors (Lipinski definition) is 4. The number of likely N-dealkylation sites (tertiary alicyclic amines) is 1. The standard InChI is InChI=1S/C19H21N3O2/c23-16-11-19(24-17-4-2-1-3-15(16)17)7-9-21(13-19)12-18-20-8-10-22(18)14-5-6-14/h1-4,8,10,14H,5-7,9,11-13H2/t19-/m1/s1. The van der Waals surface area contributed by atoms with Gasteiger partial charge in [-0.1, -0.05) is 12.1 Å². The van der Waals surface area contributed by atoms with Gasteiger partial charge < -0.3 is 9.30 Å². The lowest BCUT2D eigenvalue weighted by atomic mass is 9.89. The van der Waals surface area contributed by atoms with E-state index in [4.69, 9.17) is 4.74 Å². The third kappa shape index (κ3) is 2.35. The highest BCUT2D eigenvalue weighted by Crippen LogP contribution is 2.39. The van der Waals surface area contributed by atoms with Crippen molar-refractivity contribution in [2.75, 3.05) is 13.1 Å². The molecule has 3 heterocycles. The van der Waals surface area contributed by atoms with Gasteiger partial charge in [0.15, 0.2) is 5.78 Å². The van der Waals surface area contributed by atoms with E-state index < -0.39 is 0 Å². The van der Waals surface area contributed by atoms with Crippen molar-refractivity contribution in [2.45, 2.75) is 43.9 Å². The van der Waals surface area contributed by atoms with Crippen LogP contribution in [0.5, 0.6) is 5.75 Å². The van der Waals surface area contributed by atoms with Crippen molar-refractivity contribution in [3.63, 3.8) is 0 Å². The van der Waals surface area contributed by atoms with Gasteiger partial charge in [-0.25, -0.2) is 4.98 Å². The Kier molecular flexibility index (Phi) is 3.07. The number of fused-ring (bicyclic) bond motifs is 1. The highest BCUT2D eigenvalue weighted by atomic mass is 16.5. The van der Waals surface area contributed by atoms with Crippen LogP contribution >= 0.6 is 0 Å². The fourth-order valence-corrected chi connectivity index (χ4v) is 4.08. The molecule has 24 heavy (non-hydrogen) atoms. The molecule has 3 aliphatic rings. The van der Waals surface area contributed by atoms with Crippen LogP contribution < -0.4 is 4.74 Å². The predicted molar refractivity (Wildman–Crippen MR) is 89.1 cm³/mol. The fourth-order valence-electron chi connectivity index (χ4n) is 4.08. The molecule has 1 atom stereocenters. The number of benzene rings is 1. The Balaban J connectivity index is 1.34. The number of nitrogens with zero attached hydrogens (tertiary/aromatic N) is 3. The van der Waals surface area contributed by atoms with Gasteiger partial charge in [-0.15, -0.1) is 0 Å². The summed E-state index contributed by atoms with van der Waals surface area (Å²) in [7, 11) is 0. The predicted octanol–water partition coefficient (Wildman–Crippen LogP) is 2.83. The molecule has 0 bridgehead atoms. The molecule has 1 saturated heterocycles. The molecule has 0 N–H and O–H groups in total. The van der Waals surface area contributed by atoms with E-state index >= 15 is 0 Å². The minimum atomic E-state index is -0.359. The van der Waals surface area contributed by atoms with Crippen LogP contribution in [0, 0.1) is 0 Å². The molecule has 0 radical (unpaired) electrons. The summed E-state index contributed by atoms with van der Waals surface area (Å²) < 4.78 is 8.61. The van der Waals surface area contributed by atoms with Gasteiger partial charge in [0.25, 0.3) is 0 Å². The Morgan fingerprint density at radius 3 is 3.04 bits per heavy atom. The van der Waals surface area contributed by atoms with Gasteiger partial charge >= 0.3 is 0 Å². The van der Waals surface area contributed by atoms with Crippen LogP contribution in [0.1, 0.15) is 47.9 Å². The maximum atomic E-state index is 12.5. The SMILES string of the molecule is O=C1C[C@@]2(CCN(Cc3nccn3C3CC3)C2)Oc2ccccc21. The Bertz CT molecular complexity index is 795. The molecule has 1 spiro atoms. The minimum absolute atomic E-state index is 0.207. The third-order valence-electron chi connectivity index (χ3n) is 5.45. The molecule has 0 amide bonds. The zero-order valence-electron chi connectivity index (χ0n) is 13.6. The molecule has 2 aliphatic heterocycles. The van der Waals surface area contributed by atoms with Crippen LogP contribution in [0.4, 0.5) is 0 Å². The molecule has 0 unspecified atom stereocenters. The number of para-hydroxylation sites is 1. The molecular weight excluding hydrogens is 302 g/mol. The number of ketones is 1. The summed E-state index contributed by atoms with van der Waals surface area (Å²) >= 11 is 0. The maximum Gasteiger partial charge on any atom is 0.170 e. The van der Waals surface area contributed by atoms with Gasteiger partial charge in [-0.3, -0.25) is 9.69 Å². The first-order chi connectivity index (χ1) is 11.7. The molecule has 1 saturated carbocycles. The van der Waals surface area contributed by atoms with Crippen molar-refractivity contribution in [3.05, 3.63) is 48.0 Å². The van der Waals surface area contributed by atoms with Gasteiger partial charge in [0.1, 0.15) is 17.2 Å². The number of carbonyl (C=O) groups excluding carboxylic acids is 1. The lowest BCUT2D eigenvalue weighted by molar-refractivity contribution is 0.0453. The largest absolute Gasteiger partial charge is 0.485 e. The summed E-state index contributed by atoms with van der Waals surface area (Å²) in [5.41, 5.74) is 0.369. The Morgan fingerprint density at radius 1 is 1.29 bits per heavy atom. The van der Waals surface area contributed by atoms with E-state index in [1.54, 1.807) is 0 Å². The summed E-state index contributed by atoms with van der Waals surface area (Å²) in [4.78, 5) is 19.4. The number of ether oxygens (including phenoxy) is 1. The molecule has 2 fully saturated rings. The van der Waals surface area contributed by atoms with Crippen molar-refractivity contribution < 1.29 is 9.53 Å². The van der Waals surface area contributed by atoms with E-state index in [1.807, 2.05) is 30.5 Å². The number of rotatable bonds is 3. The maximum absolute atomic E-state index is 12.5. The number of imidazole rings is 1. The molecule has 5 nitrogen and oxygen atoms in total. The second-order valence-corrected chi connectivity index (χ2v) is 7.32. The van der Waals surface area contributed by atoms with Crippen LogP contribution in [0.25, 0.3) is 0 Å². The summed E-state index contributed by atoms with van der Waals surface area (Å²) in [6.07, 6.45) is 7.91. The van der Waals surface area contributed by atoms with Gasteiger partial charge in [0, 0.05) is 37.9 Å². The summed E-state index contributed by atoms with van der Waals surface area (Å²) in [6, 6.07) is 8.26. The van der Waals surface area contributed by atoms with Gasteiger partial charge in [0.2, 0.25) is 0 Å². The summed E-state index contributed by atoms with van der Waals surface area (Å²) in [5, 5.41) is 0. The highest BCUT2D eigenvalue weighted by molar-refractivity contribution is 6.00. The van der Waals surface area contributed by atoms with E-state index in [0.717, 1.165) is 43.2 Å². The van der Waals surface area contributed by atoms with Crippen molar-refractivity contribution in [1.82, 2.24) is 14.5 Å². The van der Waals surface area contributed by atoms with Crippen LogP contribution in [0.3, 0.4) is 0 Å². The number of hydrogen-bond donors (Lipinski definition) is 0. The Hall–Kier alpha value is -2.14. The number of aromatic nitrogens is 2. The van der Waals surface area contributed by atoms with Crippen LogP contribution in [0.2, 0.25) is 0 Å². The zero-order valence-corrected chi connectivity index (χ0v) is 13.6. The molecule has 2 aromatic rings. The molecule has 5 rings (SSSR count). The highest BCUT2D eigenvalue weighted by Gasteiger charge is 2.45. The Labute approximate surface area is 141 Å². The van der Waals surface area contributed by atoms with Gasteiger partial charge in [-0.2, -0.15) is 0 Å². The lowest BCUT2D eigenvalue weighted by Crippen LogP contribution is -2.44. The molecule has 124 valence electrons. The molecule has 1 aromatic carbocycles. The van der Waals surface area contributed by atoms with E-state index in [9.17, 15) is 4.79 Å². The number of Topliss-reactive ketones (excluding diaryl/α,β-unsaturated/α-hetero) is 1. The third-order valence-corrected chi connectivity index (χ3v) is 5.45. The molecule has 5 heteroatoms. The normalized spacial score (nSPS) is 26.6. The van der Waals surface area contributed by atoms with Crippen molar-refractivity contribution in [3.8, 4) is 5.75 Å². The van der Waals surface area contributed by atoms with E-state index in [-0.39, 0.29) is 11.4 Å². The van der Waals surface area contributed by atoms with Crippen molar-refractivity contribution in [1.29, 1.82) is 0 Å². The van der Waals surface area contributed by atoms with Crippen LogP contribution in [-0.2, 0) is 6.54 Å². The Morgan fingerprint density at radius 2 is 2.17 bits per heavy atom. The van der Waals surface area contributed by atoms with E-state index in [0.29, 0.717) is 12.5 Å². The zero-order chi connectivity index (χ0) is 16.1. The smallest absolute Gasteiger partial charge is 0.170 e. The van der Waals surface area contributed by atoms with Crippen molar-refractivity contribution in [2.24, 2.45) is 0 Å². The van der Waals surface area contributed by atoms with E-state index in [1.165, 1.54) is 12.8 Å². The number of carbonyl (C=O) groups is 1. The topological polar surface area (TPSA) is 47.4 Å². The van der Waals surface area contributed by atoms with Crippen LogP contribution in [0.15, 0.2) is 36.7 Å². The summed E-state index contributed by atoms with van der Waals surface area (Å²) in [6.45, 7) is 2.59. The first-order valence-electron chi connectivity index (χ1n) is 8.78. The fraction of sp³-hybridized carbons (Fsp3) is 0.474. The van der Waals surface area contributed by atoms with Crippen molar-refractivity contribution >= 4 is 5.78 Å². The quantitative estimate of drug-likeness (QED) is 0.871. The minimum Gasteiger partial charge on any atom is -0.485 e. The molecule has 1 aromatic heterocycles. The van der Waals surface area contributed by atoms with E-state index in [2.05, 4.69) is 20.6 Å². The second kappa shape index (κ2) is 5.18. The average molecular weight is 323 g/mol. The lowest BCUT2D eigenvalue weighted by Gasteiger charge is -2.34. The second-order valence-electron chi connectivity index (χ2n) is 7.32. The first-order valence-corrected chi connectivity index (χ1v) is 8.78. The van der Waals surface area contributed by atoms with Gasteiger partial charge in [0.05, 0.1) is 18.5 Å². The van der Waals surface area contributed by atoms with Crippen LogP contribution in [-0.4, -0.2) is 38.9 Å². The average Bonchev–Trinajstić information content (AvgIpc) is 3.21. The first kappa shape index (κ1) is 14.2.